The van der Waals surface area contributed by atoms with Crippen molar-refractivity contribution >= 4 is 11.8 Å². The van der Waals surface area contributed by atoms with Crippen molar-refractivity contribution in [2.24, 2.45) is 34.5 Å². The maximum atomic E-state index is 12.7. The molecule has 3 heteroatoms. The summed E-state index contributed by atoms with van der Waals surface area (Å²) in [6.45, 7) is 9.56. The largest absolute Gasteiger partial charge is 0.462 e. The number of ether oxygens (including phenoxy) is 1. The molecule has 0 radical (unpaired) electrons. The number of fused-ring (bicyclic) bond motifs is 5. The number of hydrogen-bond acceptors (Lipinski definition) is 3. The maximum Gasteiger partial charge on any atom is 0.306 e. The predicted molar refractivity (Wildman–Crippen MR) is 138 cm³/mol. The zero-order valence-electron chi connectivity index (χ0n) is 22.5. The number of rotatable bonds is 10. The Hall–Kier alpha value is -1.12. The van der Waals surface area contributed by atoms with Gasteiger partial charge in [0.1, 0.15) is 6.10 Å². The Labute approximate surface area is 208 Å². The minimum Gasteiger partial charge on any atom is -0.462 e. The van der Waals surface area contributed by atoms with Crippen LogP contribution in [0.3, 0.4) is 0 Å². The highest BCUT2D eigenvalue weighted by atomic mass is 16.5. The van der Waals surface area contributed by atoms with E-state index in [1.54, 1.807) is 0 Å². The molecule has 4 aliphatic carbocycles. The minimum absolute atomic E-state index is 0.0413. The highest BCUT2D eigenvalue weighted by molar-refractivity contribution is 5.91. The lowest BCUT2D eigenvalue weighted by Gasteiger charge is -2.59. The van der Waals surface area contributed by atoms with E-state index in [9.17, 15) is 9.59 Å². The van der Waals surface area contributed by atoms with Crippen LogP contribution in [0, 0.1) is 34.5 Å². The molecular weight excluding hydrogens is 420 g/mol. The van der Waals surface area contributed by atoms with Gasteiger partial charge in [-0.15, -0.1) is 0 Å². The molecule has 7 unspecified atom stereocenters. The Morgan fingerprint density at radius 1 is 0.971 bits per heavy atom. The zero-order chi connectivity index (χ0) is 24.3. The van der Waals surface area contributed by atoms with Gasteiger partial charge in [0.25, 0.3) is 0 Å². The number of carbonyl (C=O) groups excluding carboxylic acids is 2. The van der Waals surface area contributed by atoms with Crippen LogP contribution in [0.2, 0.25) is 0 Å². The summed E-state index contributed by atoms with van der Waals surface area (Å²) in [5.74, 6) is 3.03. The van der Waals surface area contributed by atoms with Crippen LogP contribution >= 0.6 is 0 Å². The first kappa shape index (κ1) is 26.0. The standard InChI is InChI=1S/C31H50O3/c1-5-6-7-8-9-10-11-12-13-28(33)34-27-15-14-25-29-22(2)20-23-21-24(32)16-18-30(23,3)26(29)17-19-31(25,27)4/h21-22,25-27,29H,5-20H2,1-4H3. The van der Waals surface area contributed by atoms with Crippen LogP contribution in [0.5, 0.6) is 0 Å². The average Bonchev–Trinajstić information content (AvgIpc) is 3.13. The predicted octanol–water partition coefficient (Wildman–Crippen LogP) is 8.21. The minimum atomic E-state index is 0.0413. The molecule has 7 atom stereocenters. The van der Waals surface area contributed by atoms with Crippen molar-refractivity contribution in [1.29, 1.82) is 0 Å². The van der Waals surface area contributed by atoms with E-state index in [-0.39, 0.29) is 22.9 Å². The van der Waals surface area contributed by atoms with Crippen LogP contribution in [0.4, 0.5) is 0 Å². The number of unbranched alkanes of at least 4 members (excludes halogenated alkanes) is 7. The second-order valence-electron chi connectivity index (χ2n) is 12.9. The lowest BCUT2D eigenvalue weighted by atomic mass is 9.45. The van der Waals surface area contributed by atoms with Crippen molar-refractivity contribution in [3.63, 3.8) is 0 Å². The van der Waals surface area contributed by atoms with Crippen LogP contribution in [0.25, 0.3) is 0 Å². The van der Waals surface area contributed by atoms with Crippen LogP contribution in [0.1, 0.15) is 130 Å². The van der Waals surface area contributed by atoms with Gasteiger partial charge in [0.05, 0.1) is 0 Å². The Bertz CT molecular complexity index is 769. The third-order valence-corrected chi connectivity index (χ3v) is 10.7. The number of allylic oxidation sites excluding steroid dienone is 1. The van der Waals surface area contributed by atoms with Crippen molar-refractivity contribution in [3.05, 3.63) is 11.6 Å². The van der Waals surface area contributed by atoms with E-state index in [0.29, 0.717) is 35.9 Å². The zero-order valence-corrected chi connectivity index (χ0v) is 22.5. The van der Waals surface area contributed by atoms with Gasteiger partial charge in [0, 0.05) is 18.3 Å². The molecule has 0 amide bonds. The van der Waals surface area contributed by atoms with Crippen LogP contribution in [-0.4, -0.2) is 17.9 Å². The van der Waals surface area contributed by atoms with Gasteiger partial charge in [-0.1, -0.05) is 78.2 Å². The van der Waals surface area contributed by atoms with E-state index in [2.05, 4.69) is 27.7 Å². The van der Waals surface area contributed by atoms with E-state index >= 15 is 0 Å². The third kappa shape index (κ3) is 5.05. The molecule has 3 fully saturated rings. The molecule has 0 bridgehead atoms. The summed E-state index contributed by atoms with van der Waals surface area (Å²) in [5, 5.41) is 0. The van der Waals surface area contributed by atoms with E-state index in [1.807, 2.05) is 6.08 Å². The molecular formula is C31H50O3. The van der Waals surface area contributed by atoms with Crippen LogP contribution < -0.4 is 0 Å². The van der Waals surface area contributed by atoms with Gasteiger partial charge in [0.15, 0.2) is 5.78 Å². The van der Waals surface area contributed by atoms with E-state index < -0.39 is 0 Å². The first-order valence-corrected chi connectivity index (χ1v) is 14.7. The Morgan fingerprint density at radius 3 is 2.41 bits per heavy atom. The molecule has 0 aromatic rings. The molecule has 0 spiro atoms. The van der Waals surface area contributed by atoms with E-state index in [1.165, 1.54) is 56.9 Å². The molecule has 4 aliphatic rings. The molecule has 4 rings (SSSR count). The summed E-state index contributed by atoms with van der Waals surface area (Å²) in [4.78, 5) is 24.9. The quantitative estimate of drug-likeness (QED) is 0.239. The van der Waals surface area contributed by atoms with Gasteiger partial charge in [-0.05, 0) is 80.1 Å². The molecule has 192 valence electrons. The van der Waals surface area contributed by atoms with Gasteiger partial charge in [-0.25, -0.2) is 0 Å². The fourth-order valence-electron chi connectivity index (χ4n) is 8.67. The molecule has 3 saturated carbocycles. The van der Waals surface area contributed by atoms with Gasteiger partial charge < -0.3 is 4.74 Å². The Morgan fingerprint density at radius 2 is 1.68 bits per heavy atom. The number of hydrogen-bond donors (Lipinski definition) is 0. The summed E-state index contributed by atoms with van der Waals surface area (Å²) in [6, 6.07) is 0. The van der Waals surface area contributed by atoms with Crippen LogP contribution in [-0.2, 0) is 14.3 Å². The van der Waals surface area contributed by atoms with Crippen molar-refractivity contribution in [3.8, 4) is 0 Å². The SMILES string of the molecule is CCCCCCCCCCC(=O)OC1CCC2C3C(C)CC4=CC(=O)CCC4(C)C3CCC12C. The van der Waals surface area contributed by atoms with Crippen LogP contribution in [0.15, 0.2) is 11.6 Å². The lowest BCUT2D eigenvalue weighted by molar-refractivity contribution is -0.161. The highest BCUT2D eigenvalue weighted by Gasteiger charge is 2.61. The van der Waals surface area contributed by atoms with E-state index in [0.717, 1.165) is 44.9 Å². The van der Waals surface area contributed by atoms with Gasteiger partial charge >= 0.3 is 5.97 Å². The van der Waals surface area contributed by atoms with Crippen molar-refractivity contribution in [2.45, 2.75) is 137 Å². The first-order chi connectivity index (χ1) is 16.3. The summed E-state index contributed by atoms with van der Waals surface area (Å²) in [5.41, 5.74) is 1.77. The summed E-state index contributed by atoms with van der Waals surface area (Å²) in [7, 11) is 0. The lowest BCUT2D eigenvalue weighted by Crippen LogP contribution is -2.54. The number of carbonyl (C=O) groups is 2. The normalized spacial score (nSPS) is 39.1. The molecule has 3 nitrogen and oxygen atoms in total. The smallest absolute Gasteiger partial charge is 0.306 e. The number of esters is 1. The molecule has 0 saturated heterocycles. The number of ketones is 1. The highest BCUT2D eigenvalue weighted by Crippen LogP contribution is 2.66. The van der Waals surface area contributed by atoms with Crippen molar-refractivity contribution in [2.75, 3.05) is 0 Å². The van der Waals surface area contributed by atoms with Crippen molar-refractivity contribution < 1.29 is 14.3 Å². The second kappa shape index (κ2) is 10.9. The molecule has 0 N–H and O–H groups in total. The maximum absolute atomic E-state index is 12.7. The Kier molecular flexibility index (Phi) is 8.30. The topological polar surface area (TPSA) is 43.4 Å². The van der Waals surface area contributed by atoms with Gasteiger partial charge in [-0.3, -0.25) is 9.59 Å². The summed E-state index contributed by atoms with van der Waals surface area (Å²) in [6.07, 6.45) is 20.2. The summed E-state index contributed by atoms with van der Waals surface area (Å²) < 4.78 is 6.21. The van der Waals surface area contributed by atoms with Gasteiger partial charge in [-0.2, -0.15) is 0 Å². The third-order valence-electron chi connectivity index (χ3n) is 10.7. The molecule has 0 aromatic carbocycles. The first-order valence-electron chi connectivity index (χ1n) is 14.7. The molecule has 0 aliphatic heterocycles. The molecule has 0 aromatic heterocycles. The average molecular weight is 471 g/mol. The van der Waals surface area contributed by atoms with Gasteiger partial charge in [0.2, 0.25) is 0 Å². The Balaban J connectivity index is 1.31. The fraction of sp³-hybridized carbons (Fsp3) is 0.871. The monoisotopic (exact) mass is 470 g/mol. The second-order valence-corrected chi connectivity index (χ2v) is 12.9. The molecule has 0 heterocycles. The summed E-state index contributed by atoms with van der Waals surface area (Å²) >= 11 is 0. The fourth-order valence-corrected chi connectivity index (χ4v) is 8.67. The van der Waals surface area contributed by atoms with Crippen molar-refractivity contribution in [1.82, 2.24) is 0 Å². The van der Waals surface area contributed by atoms with E-state index in [4.69, 9.17) is 4.74 Å². The molecule has 34 heavy (non-hydrogen) atoms.